The van der Waals surface area contributed by atoms with Crippen molar-refractivity contribution in [1.29, 1.82) is 0 Å². The number of carbonyl (C=O) groups is 3. The van der Waals surface area contributed by atoms with Crippen LogP contribution in [0.25, 0.3) is 6.08 Å². The molecule has 1 fully saturated rings. The van der Waals surface area contributed by atoms with Crippen molar-refractivity contribution >= 4 is 23.9 Å². The largest absolute Gasteiger partial charge is 0.493 e. The average molecular weight is 556 g/mol. The van der Waals surface area contributed by atoms with E-state index in [9.17, 15) is 19.2 Å². The molecule has 3 aromatic rings. The van der Waals surface area contributed by atoms with Crippen LogP contribution in [0, 0.1) is 19.8 Å². The molecule has 0 aliphatic carbocycles. The van der Waals surface area contributed by atoms with Crippen LogP contribution in [0.5, 0.6) is 11.5 Å². The van der Waals surface area contributed by atoms with E-state index in [4.69, 9.17) is 9.47 Å². The van der Waals surface area contributed by atoms with Gasteiger partial charge in [0.1, 0.15) is 5.70 Å². The number of hydrogen-bond acceptors (Lipinski definition) is 6. The standard InChI is InChI=1S/C32H33N3O6/c1-19-8-10-24(12-20(19)2)31(38)33-26(14-22-9-11-28(41-21(3)36)29(15-22)40-4)32(39)34-16-23-13-25(18-34)27-6-5-7-30(37)35(27)17-23/h5-12,14-15,23,25H,13,16-18H2,1-4H3,(H,33,38)/b26-14+/t23-,25+/m1/s1. The predicted molar refractivity (Wildman–Crippen MR) is 154 cm³/mol. The molecule has 3 heterocycles. The number of methoxy groups -OCH3 is 1. The number of nitrogens with one attached hydrogen (secondary N) is 1. The third kappa shape index (κ3) is 5.94. The number of ether oxygens (including phenoxy) is 2. The summed E-state index contributed by atoms with van der Waals surface area (Å²) in [7, 11) is 1.46. The van der Waals surface area contributed by atoms with Crippen LogP contribution >= 0.6 is 0 Å². The molecular formula is C32H33N3O6. The normalized spacial score (nSPS) is 17.9. The van der Waals surface area contributed by atoms with Gasteiger partial charge in [-0.3, -0.25) is 19.2 Å². The zero-order valence-corrected chi connectivity index (χ0v) is 23.6. The summed E-state index contributed by atoms with van der Waals surface area (Å²) in [6.07, 6.45) is 2.50. The van der Waals surface area contributed by atoms with Crippen LogP contribution in [-0.4, -0.2) is 47.4 Å². The highest BCUT2D eigenvalue weighted by Crippen LogP contribution is 2.35. The maximum Gasteiger partial charge on any atom is 0.308 e. The highest BCUT2D eigenvalue weighted by molar-refractivity contribution is 6.05. The van der Waals surface area contributed by atoms with Crippen molar-refractivity contribution in [1.82, 2.24) is 14.8 Å². The number of pyridine rings is 1. The SMILES string of the molecule is COc1cc(/C=C(/NC(=O)c2ccc(C)c(C)c2)C(=O)N2C[C@H]3C[C@@H](C2)c2cccc(=O)n2C3)ccc1OC(C)=O. The van der Waals surface area contributed by atoms with Crippen LogP contribution in [0.4, 0.5) is 0 Å². The number of likely N-dealkylation sites (tertiary alicyclic amines) is 1. The lowest BCUT2D eigenvalue weighted by atomic mass is 9.83. The fourth-order valence-corrected chi connectivity index (χ4v) is 5.64. The molecule has 41 heavy (non-hydrogen) atoms. The van der Waals surface area contributed by atoms with Crippen molar-refractivity contribution in [3.8, 4) is 11.5 Å². The molecule has 9 nitrogen and oxygen atoms in total. The molecule has 1 N–H and O–H groups in total. The van der Waals surface area contributed by atoms with Crippen molar-refractivity contribution in [2.45, 2.75) is 39.7 Å². The maximum absolute atomic E-state index is 14.0. The summed E-state index contributed by atoms with van der Waals surface area (Å²) >= 11 is 0. The highest BCUT2D eigenvalue weighted by atomic mass is 16.6. The maximum atomic E-state index is 14.0. The minimum Gasteiger partial charge on any atom is -0.493 e. The van der Waals surface area contributed by atoms with Crippen molar-refractivity contribution in [2.75, 3.05) is 20.2 Å². The number of esters is 1. The van der Waals surface area contributed by atoms with Gasteiger partial charge < -0.3 is 24.3 Å². The molecule has 5 rings (SSSR count). The van der Waals surface area contributed by atoms with E-state index in [0.29, 0.717) is 36.5 Å². The molecule has 0 spiro atoms. The van der Waals surface area contributed by atoms with Gasteiger partial charge in [0.15, 0.2) is 11.5 Å². The third-order valence-electron chi connectivity index (χ3n) is 7.77. The summed E-state index contributed by atoms with van der Waals surface area (Å²) in [5.41, 5.74) is 4.08. The number of nitrogens with zero attached hydrogens (tertiary/aromatic N) is 2. The second kappa shape index (κ2) is 11.4. The smallest absolute Gasteiger partial charge is 0.308 e. The Morgan fingerprint density at radius 3 is 2.49 bits per heavy atom. The number of piperidine rings is 1. The third-order valence-corrected chi connectivity index (χ3v) is 7.77. The predicted octanol–water partition coefficient (Wildman–Crippen LogP) is 3.82. The summed E-state index contributed by atoms with van der Waals surface area (Å²) in [4.78, 5) is 53.1. The van der Waals surface area contributed by atoms with Crippen molar-refractivity contribution in [3.63, 3.8) is 0 Å². The number of carbonyl (C=O) groups excluding carboxylic acids is 3. The minimum atomic E-state index is -0.484. The van der Waals surface area contributed by atoms with Crippen molar-refractivity contribution in [3.05, 3.63) is 98.6 Å². The van der Waals surface area contributed by atoms with Crippen LogP contribution in [0.2, 0.25) is 0 Å². The molecular weight excluding hydrogens is 522 g/mol. The monoisotopic (exact) mass is 555 g/mol. The zero-order valence-electron chi connectivity index (χ0n) is 23.6. The van der Waals surface area contributed by atoms with Gasteiger partial charge in [-0.2, -0.15) is 0 Å². The van der Waals surface area contributed by atoms with Gasteiger partial charge in [0.25, 0.3) is 17.4 Å². The van der Waals surface area contributed by atoms with Gasteiger partial charge in [-0.05, 0) is 79.3 Å². The van der Waals surface area contributed by atoms with Gasteiger partial charge >= 0.3 is 5.97 Å². The van der Waals surface area contributed by atoms with Crippen LogP contribution < -0.4 is 20.3 Å². The molecule has 1 saturated heterocycles. The second-order valence-electron chi connectivity index (χ2n) is 10.7. The van der Waals surface area contributed by atoms with Crippen LogP contribution in [0.3, 0.4) is 0 Å². The Balaban J connectivity index is 1.48. The van der Waals surface area contributed by atoms with Crippen molar-refractivity contribution < 1.29 is 23.9 Å². The zero-order chi connectivity index (χ0) is 29.3. The average Bonchev–Trinajstić information content (AvgIpc) is 2.94. The van der Waals surface area contributed by atoms with Gasteiger partial charge in [-0.15, -0.1) is 0 Å². The van der Waals surface area contributed by atoms with Crippen LogP contribution in [0.15, 0.2) is 65.1 Å². The number of aryl methyl sites for hydroxylation is 2. The number of amides is 2. The van der Waals surface area contributed by atoms with E-state index in [1.165, 1.54) is 14.0 Å². The van der Waals surface area contributed by atoms with E-state index in [0.717, 1.165) is 23.2 Å². The molecule has 2 aliphatic heterocycles. The first-order chi connectivity index (χ1) is 19.6. The molecule has 1 aromatic heterocycles. The first kappa shape index (κ1) is 27.9. The topological polar surface area (TPSA) is 107 Å². The number of aromatic nitrogens is 1. The van der Waals surface area contributed by atoms with Gasteiger partial charge in [0.2, 0.25) is 0 Å². The molecule has 0 saturated carbocycles. The summed E-state index contributed by atoms with van der Waals surface area (Å²) in [5.74, 6) is -0.470. The highest BCUT2D eigenvalue weighted by Gasteiger charge is 2.37. The molecule has 2 aromatic carbocycles. The Labute approximate surface area is 238 Å². The van der Waals surface area contributed by atoms with E-state index in [1.807, 2.05) is 30.5 Å². The van der Waals surface area contributed by atoms with E-state index >= 15 is 0 Å². The summed E-state index contributed by atoms with van der Waals surface area (Å²) in [6.45, 7) is 6.66. The molecule has 0 unspecified atom stereocenters. The van der Waals surface area contributed by atoms with Gasteiger partial charge in [0, 0.05) is 49.8 Å². The minimum absolute atomic E-state index is 0.0237. The summed E-state index contributed by atoms with van der Waals surface area (Å²) in [5, 5.41) is 2.85. The lowest BCUT2D eigenvalue weighted by molar-refractivity contribution is -0.132. The molecule has 2 amide bonds. The van der Waals surface area contributed by atoms with Gasteiger partial charge in [-0.25, -0.2) is 0 Å². The molecule has 212 valence electrons. The first-order valence-electron chi connectivity index (χ1n) is 13.6. The number of fused-ring (bicyclic) bond motifs is 4. The van der Waals surface area contributed by atoms with Crippen molar-refractivity contribution in [2.24, 2.45) is 5.92 Å². The molecule has 2 atom stereocenters. The molecule has 2 bridgehead atoms. The van der Waals surface area contributed by atoms with E-state index < -0.39 is 11.9 Å². The fraction of sp³-hybridized carbons (Fsp3) is 0.312. The van der Waals surface area contributed by atoms with E-state index in [1.54, 1.807) is 53.4 Å². The number of benzene rings is 2. The number of hydrogen-bond donors (Lipinski definition) is 1. The van der Waals surface area contributed by atoms with Crippen LogP contribution in [-0.2, 0) is 16.1 Å². The Hall–Kier alpha value is -4.66. The molecule has 9 heteroatoms. The lowest BCUT2D eigenvalue weighted by Crippen LogP contribution is -2.50. The number of rotatable bonds is 6. The fourth-order valence-electron chi connectivity index (χ4n) is 5.64. The van der Waals surface area contributed by atoms with Crippen LogP contribution in [0.1, 0.15) is 52.0 Å². The molecule has 2 aliphatic rings. The van der Waals surface area contributed by atoms with E-state index in [-0.39, 0.29) is 34.7 Å². The van der Waals surface area contributed by atoms with Gasteiger partial charge in [-0.1, -0.05) is 18.2 Å². The second-order valence-corrected chi connectivity index (χ2v) is 10.7. The quantitative estimate of drug-likeness (QED) is 0.282. The summed E-state index contributed by atoms with van der Waals surface area (Å²) < 4.78 is 12.4. The Morgan fingerprint density at radius 1 is 0.951 bits per heavy atom. The summed E-state index contributed by atoms with van der Waals surface area (Å²) in [6, 6.07) is 15.6. The Kier molecular flexibility index (Phi) is 7.79. The lowest BCUT2D eigenvalue weighted by Gasteiger charge is -2.43. The Morgan fingerprint density at radius 2 is 1.76 bits per heavy atom. The first-order valence-corrected chi connectivity index (χ1v) is 13.6. The molecule has 0 radical (unpaired) electrons. The Bertz CT molecular complexity index is 1620. The van der Waals surface area contributed by atoms with Gasteiger partial charge in [0.05, 0.1) is 7.11 Å². The van der Waals surface area contributed by atoms with E-state index in [2.05, 4.69) is 5.32 Å².